The van der Waals surface area contributed by atoms with Crippen molar-refractivity contribution in [1.82, 2.24) is 9.88 Å². The molecular weight excluding hydrogens is 248 g/mol. The average molecular weight is 258 g/mol. The first-order valence-corrected chi connectivity index (χ1v) is 5.75. The monoisotopic (exact) mass is 258 g/mol. The number of amides is 1. The molecule has 96 valence electrons. The topological polar surface area (TPSA) is 77.4 Å². The van der Waals surface area contributed by atoms with E-state index in [9.17, 15) is 14.4 Å². The smallest absolute Gasteiger partial charge is 0.375 e. The first kappa shape index (κ1) is 11.5. The summed E-state index contributed by atoms with van der Waals surface area (Å²) in [5.74, 6) is -0.590. The highest BCUT2D eigenvalue weighted by Crippen LogP contribution is 2.22. The highest BCUT2D eigenvalue weighted by molar-refractivity contribution is 5.96. The number of fused-ring (bicyclic) bond motifs is 1. The van der Waals surface area contributed by atoms with Crippen molar-refractivity contribution in [3.8, 4) is 0 Å². The van der Waals surface area contributed by atoms with Gasteiger partial charge in [-0.15, -0.1) is 0 Å². The number of esters is 1. The summed E-state index contributed by atoms with van der Waals surface area (Å²) in [4.78, 5) is 33.4. The van der Waals surface area contributed by atoms with Crippen molar-refractivity contribution in [2.75, 3.05) is 0 Å². The first-order valence-electron chi connectivity index (χ1n) is 5.75. The number of rotatable bonds is 3. The summed E-state index contributed by atoms with van der Waals surface area (Å²) in [6.07, 6.45) is 1.94. The van der Waals surface area contributed by atoms with Crippen molar-refractivity contribution < 1.29 is 19.1 Å². The Morgan fingerprint density at radius 3 is 2.79 bits per heavy atom. The molecule has 1 N–H and O–H groups in total. The average Bonchev–Trinajstić information content (AvgIpc) is 2.91. The third kappa shape index (κ3) is 1.87. The van der Waals surface area contributed by atoms with Gasteiger partial charge in [0, 0.05) is 18.0 Å². The van der Waals surface area contributed by atoms with E-state index in [-0.39, 0.29) is 0 Å². The van der Waals surface area contributed by atoms with Crippen LogP contribution in [0, 0.1) is 0 Å². The van der Waals surface area contributed by atoms with Gasteiger partial charge in [-0.2, -0.15) is 0 Å². The van der Waals surface area contributed by atoms with Crippen molar-refractivity contribution >= 4 is 29.4 Å². The minimum atomic E-state index is -0.728. The summed E-state index contributed by atoms with van der Waals surface area (Å²) in [5.41, 5.74) is 1.58. The van der Waals surface area contributed by atoms with Crippen LogP contribution in [0.2, 0.25) is 0 Å². The van der Waals surface area contributed by atoms with Gasteiger partial charge in [0.1, 0.15) is 6.04 Å². The predicted molar refractivity (Wildman–Crippen MR) is 66.2 cm³/mol. The predicted octanol–water partition coefficient (Wildman–Crippen LogP) is 0.857. The lowest BCUT2D eigenvalue weighted by atomic mass is 10.1. The van der Waals surface area contributed by atoms with E-state index < -0.39 is 18.1 Å². The van der Waals surface area contributed by atoms with Crippen LogP contribution >= 0.6 is 0 Å². The van der Waals surface area contributed by atoms with Crippen LogP contribution in [0.3, 0.4) is 0 Å². The molecule has 1 aliphatic heterocycles. The van der Waals surface area contributed by atoms with Crippen LogP contribution in [0.15, 0.2) is 30.5 Å². The molecular formula is C13H10N2O4. The molecule has 1 aliphatic rings. The number of hydrogen-bond donors (Lipinski definition) is 1. The number of cyclic esters (lactones) is 2. The van der Waals surface area contributed by atoms with E-state index >= 15 is 0 Å². The van der Waals surface area contributed by atoms with E-state index in [4.69, 9.17) is 0 Å². The Kier molecular flexibility index (Phi) is 2.56. The lowest BCUT2D eigenvalue weighted by Crippen LogP contribution is -2.30. The highest BCUT2D eigenvalue weighted by Gasteiger charge is 2.33. The maximum Gasteiger partial charge on any atom is 0.415 e. The van der Waals surface area contributed by atoms with Crippen LogP contribution in [-0.4, -0.2) is 29.1 Å². The maximum absolute atomic E-state index is 11.4. The fourth-order valence-corrected chi connectivity index (χ4v) is 2.27. The molecule has 0 unspecified atom stereocenters. The van der Waals surface area contributed by atoms with E-state index in [2.05, 4.69) is 10.1 Å². The number of ether oxygens (including phenoxy) is 1. The molecule has 2 heterocycles. The van der Waals surface area contributed by atoms with E-state index in [1.165, 1.54) is 4.57 Å². The summed E-state index contributed by atoms with van der Waals surface area (Å²) in [6.45, 7) is 0. The molecule has 6 nitrogen and oxygen atoms in total. The Hall–Kier alpha value is -2.63. The molecule has 1 aromatic carbocycles. The fourth-order valence-electron chi connectivity index (χ4n) is 2.27. The Morgan fingerprint density at radius 1 is 1.32 bits per heavy atom. The van der Waals surface area contributed by atoms with Crippen molar-refractivity contribution in [1.29, 1.82) is 0 Å². The Balaban J connectivity index is 1.99. The molecule has 0 saturated carbocycles. The van der Waals surface area contributed by atoms with Crippen molar-refractivity contribution in [3.63, 3.8) is 0 Å². The summed E-state index contributed by atoms with van der Waals surface area (Å²) in [7, 11) is 0. The minimum absolute atomic E-state index is 0.298. The van der Waals surface area contributed by atoms with Crippen LogP contribution in [-0.2, 0) is 20.7 Å². The third-order valence-electron chi connectivity index (χ3n) is 3.13. The third-order valence-corrected chi connectivity index (χ3v) is 3.13. The van der Waals surface area contributed by atoms with Gasteiger partial charge in [0.15, 0.2) is 0 Å². The molecule has 0 bridgehead atoms. The molecule has 1 aromatic heterocycles. The number of carbonyl (C=O) groups is 3. The zero-order valence-electron chi connectivity index (χ0n) is 9.83. The van der Waals surface area contributed by atoms with Gasteiger partial charge in [0.2, 0.25) is 6.41 Å². The molecule has 1 saturated heterocycles. The van der Waals surface area contributed by atoms with E-state index in [0.717, 1.165) is 16.5 Å². The normalized spacial score (nSPS) is 18.4. The van der Waals surface area contributed by atoms with Crippen molar-refractivity contribution in [2.24, 2.45) is 0 Å². The largest absolute Gasteiger partial charge is 0.415 e. The van der Waals surface area contributed by atoms with Gasteiger partial charge in [-0.05, 0) is 11.6 Å². The van der Waals surface area contributed by atoms with Gasteiger partial charge in [-0.1, -0.05) is 18.2 Å². The van der Waals surface area contributed by atoms with Crippen LogP contribution in [0.25, 0.3) is 10.9 Å². The lowest BCUT2D eigenvalue weighted by molar-refractivity contribution is -0.135. The highest BCUT2D eigenvalue weighted by atomic mass is 16.6. The second kappa shape index (κ2) is 4.24. The second-order valence-corrected chi connectivity index (χ2v) is 4.29. The van der Waals surface area contributed by atoms with Gasteiger partial charge in [0.25, 0.3) is 0 Å². The van der Waals surface area contributed by atoms with Gasteiger partial charge >= 0.3 is 12.1 Å². The quantitative estimate of drug-likeness (QED) is 0.503. The zero-order chi connectivity index (χ0) is 13.4. The lowest BCUT2D eigenvalue weighted by Gasteiger charge is -2.03. The van der Waals surface area contributed by atoms with Crippen LogP contribution in [0.5, 0.6) is 0 Å². The number of benzene rings is 1. The zero-order valence-corrected chi connectivity index (χ0v) is 9.83. The first-order chi connectivity index (χ1) is 9.19. The van der Waals surface area contributed by atoms with Crippen LogP contribution < -0.4 is 5.32 Å². The molecule has 0 spiro atoms. The van der Waals surface area contributed by atoms with Gasteiger partial charge in [-0.3, -0.25) is 9.36 Å². The fraction of sp³-hybridized carbons (Fsp3) is 0.154. The summed E-state index contributed by atoms with van der Waals surface area (Å²) < 4.78 is 5.88. The van der Waals surface area contributed by atoms with E-state index in [1.54, 1.807) is 6.20 Å². The number of nitrogens with one attached hydrogen (secondary N) is 1. The number of alkyl carbamates (subject to hydrolysis) is 1. The molecule has 3 rings (SSSR count). The Labute approximate surface area is 107 Å². The number of hydrogen-bond acceptors (Lipinski definition) is 4. The standard InChI is InChI=1S/C13H10N2O4/c16-7-15-6-8(9-3-1-2-4-11(9)15)5-10-12(17)19-13(18)14-10/h1-4,6-7,10H,5H2,(H,14,18)/t10-/m0/s1. The number of nitrogens with zero attached hydrogens (tertiary/aromatic N) is 1. The summed E-state index contributed by atoms with van der Waals surface area (Å²) in [5, 5.41) is 3.31. The summed E-state index contributed by atoms with van der Waals surface area (Å²) in [6, 6.07) is 6.67. The summed E-state index contributed by atoms with van der Waals surface area (Å²) >= 11 is 0. The second-order valence-electron chi connectivity index (χ2n) is 4.29. The minimum Gasteiger partial charge on any atom is -0.375 e. The van der Waals surface area contributed by atoms with Crippen molar-refractivity contribution in [3.05, 3.63) is 36.0 Å². The van der Waals surface area contributed by atoms with E-state index in [1.807, 2.05) is 24.3 Å². The van der Waals surface area contributed by atoms with Crippen molar-refractivity contribution in [2.45, 2.75) is 12.5 Å². The molecule has 1 fully saturated rings. The molecule has 2 aromatic rings. The van der Waals surface area contributed by atoms with Crippen LogP contribution in [0.4, 0.5) is 4.79 Å². The van der Waals surface area contributed by atoms with Gasteiger partial charge in [-0.25, -0.2) is 9.59 Å². The molecule has 6 heteroatoms. The molecule has 1 atom stereocenters. The Morgan fingerprint density at radius 2 is 2.11 bits per heavy atom. The number of aromatic nitrogens is 1. The van der Waals surface area contributed by atoms with Gasteiger partial charge < -0.3 is 10.1 Å². The number of carbonyl (C=O) groups excluding carboxylic acids is 3. The molecule has 0 aliphatic carbocycles. The maximum atomic E-state index is 11.4. The molecule has 0 radical (unpaired) electrons. The molecule has 19 heavy (non-hydrogen) atoms. The van der Waals surface area contributed by atoms with Crippen LogP contribution in [0.1, 0.15) is 5.56 Å². The Bertz CT molecular complexity index is 689. The van der Waals surface area contributed by atoms with E-state index in [0.29, 0.717) is 12.8 Å². The number of para-hydroxylation sites is 1. The molecule has 1 amide bonds. The van der Waals surface area contributed by atoms with Gasteiger partial charge in [0.05, 0.1) is 5.52 Å². The SMILES string of the molecule is O=Cn1cc(C[C@@H]2NC(=O)OC2=O)c2ccccc21.